The van der Waals surface area contributed by atoms with E-state index in [1.807, 2.05) is 27.7 Å². The zero-order valence-electron chi connectivity index (χ0n) is 26.6. The molecule has 0 bridgehead atoms. The molecule has 10 heteroatoms. The molecule has 0 fully saturated rings. The van der Waals surface area contributed by atoms with E-state index in [1.165, 1.54) is 21.8 Å². The summed E-state index contributed by atoms with van der Waals surface area (Å²) in [4.78, 5) is 50.3. The zero-order valence-corrected chi connectivity index (χ0v) is 26.6. The van der Waals surface area contributed by atoms with Gasteiger partial charge in [0.25, 0.3) is 0 Å². The van der Waals surface area contributed by atoms with Gasteiger partial charge in [-0.2, -0.15) is 0 Å². The second-order valence-electron chi connectivity index (χ2n) is 10.6. The summed E-state index contributed by atoms with van der Waals surface area (Å²) in [5.74, 6) is -1.19. The number of carboxylic acids is 2. The molecular formula is C31H54N4O6. The van der Waals surface area contributed by atoms with Crippen molar-refractivity contribution in [3.05, 3.63) is 37.4 Å². The lowest BCUT2D eigenvalue weighted by atomic mass is 9.77. The Balaban J connectivity index is 0. The Morgan fingerprint density at radius 2 is 1.10 bits per heavy atom. The van der Waals surface area contributed by atoms with Crippen molar-refractivity contribution in [2.45, 2.75) is 126 Å². The van der Waals surface area contributed by atoms with E-state index in [9.17, 15) is 19.2 Å². The van der Waals surface area contributed by atoms with Gasteiger partial charge in [0.2, 0.25) is 11.8 Å². The largest absolute Gasteiger partial charge is 0.481 e. The molecule has 0 aliphatic heterocycles. The fraction of sp³-hybridized carbons (Fsp3) is 0.677. The Morgan fingerprint density at radius 3 is 1.29 bits per heavy atom. The van der Waals surface area contributed by atoms with Crippen molar-refractivity contribution >= 4 is 23.8 Å². The summed E-state index contributed by atoms with van der Waals surface area (Å²) in [6, 6.07) is 0. The number of imidazole rings is 2. The SMILES string of the molecule is CCC(=O)n1ccnc1.CCC(=O)n1ccnc1.CCC(C)(CC)C(=O)O.CCCCC(C)(CCCC)CC(=O)O. The molecule has 0 spiro atoms. The smallest absolute Gasteiger partial charge is 0.309 e. The molecule has 2 aromatic heterocycles. The van der Waals surface area contributed by atoms with Crippen LogP contribution in [0.1, 0.15) is 136 Å². The van der Waals surface area contributed by atoms with Gasteiger partial charge in [-0.1, -0.05) is 74.1 Å². The van der Waals surface area contributed by atoms with E-state index in [4.69, 9.17) is 10.2 Å². The predicted molar refractivity (Wildman–Crippen MR) is 162 cm³/mol. The topological polar surface area (TPSA) is 144 Å². The van der Waals surface area contributed by atoms with Gasteiger partial charge in [-0.3, -0.25) is 28.3 Å². The summed E-state index contributed by atoms with van der Waals surface area (Å²) in [5, 5.41) is 17.5. The highest BCUT2D eigenvalue weighted by atomic mass is 16.4. The quantitative estimate of drug-likeness (QED) is 0.247. The Hall–Kier alpha value is -3.30. The van der Waals surface area contributed by atoms with Gasteiger partial charge in [0, 0.05) is 37.6 Å². The third-order valence-electron chi connectivity index (χ3n) is 7.11. The zero-order chi connectivity index (χ0) is 31.9. The van der Waals surface area contributed by atoms with Crippen LogP contribution in [-0.2, 0) is 9.59 Å². The van der Waals surface area contributed by atoms with E-state index in [1.54, 1.807) is 31.7 Å². The molecule has 0 saturated carbocycles. The van der Waals surface area contributed by atoms with E-state index in [-0.39, 0.29) is 17.2 Å². The second-order valence-corrected chi connectivity index (χ2v) is 10.6. The third kappa shape index (κ3) is 17.9. The number of carbonyl (C=O) groups is 4. The first-order valence-corrected chi connectivity index (χ1v) is 14.8. The maximum atomic E-state index is 10.8. The van der Waals surface area contributed by atoms with Gasteiger partial charge in [0.05, 0.1) is 11.8 Å². The molecule has 0 atom stereocenters. The summed E-state index contributed by atoms with van der Waals surface area (Å²) >= 11 is 0. The number of carbonyl (C=O) groups excluding carboxylic acids is 2. The van der Waals surface area contributed by atoms with E-state index in [0.29, 0.717) is 32.1 Å². The minimum absolute atomic E-state index is 0.0256. The molecule has 0 amide bonds. The van der Waals surface area contributed by atoms with Crippen molar-refractivity contribution in [3.63, 3.8) is 0 Å². The normalized spacial score (nSPS) is 10.6. The van der Waals surface area contributed by atoms with Crippen molar-refractivity contribution in [1.29, 1.82) is 0 Å². The number of nitrogens with zero attached hydrogens (tertiary/aromatic N) is 4. The average Bonchev–Trinajstić information content (AvgIpc) is 3.70. The van der Waals surface area contributed by atoms with Crippen molar-refractivity contribution in [2.75, 3.05) is 0 Å². The Morgan fingerprint density at radius 1 is 0.707 bits per heavy atom. The van der Waals surface area contributed by atoms with E-state index in [0.717, 1.165) is 38.5 Å². The third-order valence-corrected chi connectivity index (χ3v) is 7.11. The van der Waals surface area contributed by atoms with Crippen LogP contribution in [0.4, 0.5) is 0 Å². The van der Waals surface area contributed by atoms with Crippen LogP contribution in [0.5, 0.6) is 0 Å². The number of aromatic nitrogens is 4. The van der Waals surface area contributed by atoms with Crippen LogP contribution in [0, 0.1) is 10.8 Å². The maximum Gasteiger partial charge on any atom is 0.309 e. The van der Waals surface area contributed by atoms with Gasteiger partial charge in [0.1, 0.15) is 12.7 Å². The lowest BCUT2D eigenvalue weighted by molar-refractivity contribution is -0.148. The highest BCUT2D eigenvalue weighted by Gasteiger charge is 2.28. The van der Waals surface area contributed by atoms with Gasteiger partial charge in [0.15, 0.2) is 0 Å². The molecule has 2 N–H and O–H groups in total. The van der Waals surface area contributed by atoms with Gasteiger partial charge in [-0.05, 0) is 38.0 Å². The average molecular weight is 579 g/mol. The van der Waals surface area contributed by atoms with Crippen molar-refractivity contribution in [1.82, 2.24) is 19.1 Å². The predicted octanol–water partition coefficient (Wildman–Crippen LogP) is 7.61. The second kappa shape index (κ2) is 22.4. The molecule has 2 heterocycles. The molecule has 0 saturated heterocycles. The highest BCUT2D eigenvalue weighted by molar-refractivity contribution is 5.78. The monoisotopic (exact) mass is 578 g/mol. The fourth-order valence-electron chi connectivity index (χ4n) is 3.60. The fourth-order valence-corrected chi connectivity index (χ4v) is 3.60. The molecule has 234 valence electrons. The number of carboxylic acid groups (broad SMARTS) is 2. The Kier molecular flexibility index (Phi) is 21.8. The first kappa shape index (κ1) is 39.8. The molecule has 10 nitrogen and oxygen atoms in total. The molecular weight excluding hydrogens is 524 g/mol. The molecule has 0 aromatic carbocycles. The summed E-state index contributed by atoms with van der Waals surface area (Å²) in [6.45, 7) is 15.6. The molecule has 2 aromatic rings. The Labute approximate surface area is 246 Å². The van der Waals surface area contributed by atoms with Crippen LogP contribution in [0.15, 0.2) is 37.4 Å². The lowest BCUT2D eigenvalue weighted by Crippen LogP contribution is -2.25. The lowest BCUT2D eigenvalue weighted by Gasteiger charge is -2.27. The van der Waals surface area contributed by atoms with Crippen LogP contribution >= 0.6 is 0 Å². The highest BCUT2D eigenvalue weighted by Crippen LogP contribution is 2.34. The molecule has 0 aliphatic rings. The molecule has 0 radical (unpaired) electrons. The van der Waals surface area contributed by atoms with Crippen molar-refractivity contribution in [3.8, 4) is 0 Å². The molecule has 2 rings (SSSR count). The summed E-state index contributed by atoms with van der Waals surface area (Å²) in [5.41, 5.74) is -0.474. The summed E-state index contributed by atoms with van der Waals surface area (Å²) in [7, 11) is 0. The number of rotatable bonds is 13. The van der Waals surface area contributed by atoms with E-state index >= 15 is 0 Å². The van der Waals surface area contributed by atoms with E-state index in [2.05, 4.69) is 30.7 Å². The summed E-state index contributed by atoms with van der Waals surface area (Å²) in [6.07, 6.45) is 19.0. The van der Waals surface area contributed by atoms with Crippen molar-refractivity contribution < 1.29 is 29.4 Å². The number of unbranched alkanes of at least 4 members (excludes halogenated alkanes) is 2. The van der Waals surface area contributed by atoms with Crippen LogP contribution in [0.2, 0.25) is 0 Å². The number of aliphatic carboxylic acids is 2. The van der Waals surface area contributed by atoms with Crippen LogP contribution in [-0.4, -0.2) is 53.1 Å². The molecule has 0 aliphatic carbocycles. The van der Waals surface area contributed by atoms with Crippen LogP contribution in [0.3, 0.4) is 0 Å². The van der Waals surface area contributed by atoms with Gasteiger partial charge in [-0.15, -0.1) is 0 Å². The summed E-state index contributed by atoms with van der Waals surface area (Å²) < 4.78 is 2.94. The van der Waals surface area contributed by atoms with Gasteiger partial charge >= 0.3 is 11.9 Å². The molecule has 0 unspecified atom stereocenters. The van der Waals surface area contributed by atoms with Crippen molar-refractivity contribution in [2.24, 2.45) is 10.8 Å². The minimum atomic E-state index is -0.687. The van der Waals surface area contributed by atoms with Gasteiger partial charge < -0.3 is 10.2 Å². The van der Waals surface area contributed by atoms with Gasteiger partial charge in [-0.25, -0.2) is 9.97 Å². The Bertz CT molecular complexity index is 913. The molecule has 41 heavy (non-hydrogen) atoms. The van der Waals surface area contributed by atoms with Crippen LogP contribution in [0.25, 0.3) is 0 Å². The minimum Gasteiger partial charge on any atom is -0.481 e. The van der Waals surface area contributed by atoms with Crippen LogP contribution < -0.4 is 0 Å². The standard InChI is InChI=1S/C12H24O2.C7H14O2.2C6H8N2O/c1-4-6-8-12(3,9-7-5-2)10-11(13)14;1-4-7(3,5-2)6(8)9;2*1-2-6(9)8-4-3-7-5-8/h4-10H2,1-3H3,(H,13,14);4-5H2,1-3H3,(H,8,9);2*3-5H,2H2,1H3. The first-order chi connectivity index (χ1) is 19.3. The van der Waals surface area contributed by atoms with E-state index < -0.39 is 17.4 Å². The number of hydrogen-bond donors (Lipinski definition) is 2. The first-order valence-electron chi connectivity index (χ1n) is 14.8. The maximum absolute atomic E-state index is 10.8. The number of hydrogen-bond acceptors (Lipinski definition) is 6.